The van der Waals surface area contributed by atoms with E-state index < -0.39 is 5.92 Å². The largest absolute Gasteiger partial charge is 0.363 e. The first-order valence-corrected chi connectivity index (χ1v) is 3.74. The monoisotopic (exact) mass is 161 g/mol. The molecule has 3 heteroatoms. The van der Waals surface area contributed by atoms with Gasteiger partial charge in [-0.3, -0.25) is 0 Å². The van der Waals surface area contributed by atoms with Gasteiger partial charge in [-0.2, -0.15) is 0 Å². The summed E-state index contributed by atoms with van der Waals surface area (Å²) in [5, 5.41) is 0. The molecule has 1 aliphatic heterocycles. The van der Waals surface area contributed by atoms with E-state index in [0.717, 1.165) is 5.70 Å². The van der Waals surface area contributed by atoms with Gasteiger partial charge in [-0.15, -0.1) is 0 Å². The number of alkyl halides is 2. The number of hydrogen-bond acceptors (Lipinski definition) is 1. The molecule has 0 N–H and O–H groups in total. The smallest absolute Gasteiger partial charge is 0.282 e. The van der Waals surface area contributed by atoms with Crippen LogP contribution in [0.1, 0.15) is 13.8 Å². The van der Waals surface area contributed by atoms with Gasteiger partial charge in [0.05, 0.1) is 13.1 Å². The summed E-state index contributed by atoms with van der Waals surface area (Å²) in [6.07, 6.45) is 0. The predicted molar refractivity (Wildman–Crippen MR) is 40.5 cm³/mol. The first-order valence-electron chi connectivity index (χ1n) is 3.74. The summed E-state index contributed by atoms with van der Waals surface area (Å²) in [7, 11) is 0. The van der Waals surface area contributed by atoms with Crippen molar-refractivity contribution in [2.24, 2.45) is 5.92 Å². The fourth-order valence-electron chi connectivity index (χ4n) is 1.08. The lowest BCUT2D eigenvalue weighted by atomic mass is 10.0. The molecule has 1 aliphatic rings. The minimum Gasteiger partial charge on any atom is -0.363 e. The van der Waals surface area contributed by atoms with Crippen LogP contribution in [0.15, 0.2) is 12.3 Å². The lowest BCUT2D eigenvalue weighted by Crippen LogP contribution is -2.55. The summed E-state index contributed by atoms with van der Waals surface area (Å²) in [5.74, 6) is -2.20. The number of hydrogen-bond donors (Lipinski definition) is 0. The zero-order valence-electron chi connectivity index (χ0n) is 6.90. The van der Waals surface area contributed by atoms with E-state index in [1.54, 1.807) is 4.90 Å². The van der Waals surface area contributed by atoms with Crippen LogP contribution in [0.4, 0.5) is 8.78 Å². The molecule has 0 unspecified atom stereocenters. The quantitative estimate of drug-likeness (QED) is 0.599. The van der Waals surface area contributed by atoms with Crippen molar-refractivity contribution in [3.63, 3.8) is 0 Å². The minimum atomic E-state index is -2.47. The van der Waals surface area contributed by atoms with Crippen LogP contribution in [0.25, 0.3) is 0 Å². The molecule has 0 saturated carbocycles. The van der Waals surface area contributed by atoms with E-state index in [4.69, 9.17) is 0 Å². The fraction of sp³-hybridized carbons (Fsp3) is 0.750. The average molecular weight is 161 g/mol. The molecule has 1 heterocycles. The number of likely N-dealkylation sites (tertiary alicyclic amines) is 1. The lowest BCUT2D eigenvalue weighted by Gasteiger charge is -2.42. The maximum atomic E-state index is 12.3. The normalized spacial score (nSPS) is 21.7. The number of rotatable bonds is 2. The number of allylic oxidation sites excluding steroid dienone is 1. The molecule has 1 nitrogen and oxygen atoms in total. The Kier molecular flexibility index (Phi) is 1.90. The van der Waals surface area contributed by atoms with Gasteiger partial charge in [-0.25, -0.2) is 8.78 Å². The molecule has 64 valence electrons. The van der Waals surface area contributed by atoms with Gasteiger partial charge in [0.25, 0.3) is 5.92 Å². The van der Waals surface area contributed by atoms with Gasteiger partial charge in [-0.05, 0) is 5.92 Å². The maximum Gasteiger partial charge on any atom is 0.282 e. The van der Waals surface area contributed by atoms with Gasteiger partial charge in [0.1, 0.15) is 0 Å². The Morgan fingerprint density at radius 1 is 1.45 bits per heavy atom. The van der Waals surface area contributed by atoms with E-state index in [0.29, 0.717) is 0 Å². The van der Waals surface area contributed by atoms with Crippen LogP contribution in [0, 0.1) is 5.92 Å². The van der Waals surface area contributed by atoms with E-state index in [1.165, 1.54) is 0 Å². The number of nitrogens with zero attached hydrogens (tertiary/aromatic N) is 1. The molecule has 0 atom stereocenters. The SMILES string of the molecule is C=C(C(C)C)N1CC(F)(F)C1. The Morgan fingerprint density at radius 3 is 2.18 bits per heavy atom. The Bertz CT molecular complexity index is 167. The Morgan fingerprint density at radius 2 is 1.91 bits per heavy atom. The van der Waals surface area contributed by atoms with E-state index in [1.807, 2.05) is 13.8 Å². The molecule has 0 spiro atoms. The highest BCUT2D eigenvalue weighted by atomic mass is 19.3. The minimum absolute atomic E-state index is 0.149. The lowest BCUT2D eigenvalue weighted by molar-refractivity contribution is -0.118. The van der Waals surface area contributed by atoms with Crippen molar-refractivity contribution in [3.8, 4) is 0 Å². The molecule has 0 aromatic carbocycles. The van der Waals surface area contributed by atoms with Gasteiger partial charge < -0.3 is 4.90 Å². The standard InChI is InChI=1S/C8H13F2N/c1-6(2)7(3)11-4-8(9,10)5-11/h6H,3-5H2,1-2H3. The Balaban J connectivity index is 2.38. The number of halogens is 2. The van der Waals surface area contributed by atoms with E-state index in [9.17, 15) is 8.78 Å². The highest BCUT2D eigenvalue weighted by Gasteiger charge is 2.44. The molecule has 1 saturated heterocycles. The third-order valence-electron chi connectivity index (χ3n) is 1.92. The highest BCUT2D eigenvalue weighted by Crippen LogP contribution is 2.31. The van der Waals surface area contributed by atoms with Gasteiger partial charge in [0, 0.05) is 5.70 Å². The van der Waals surface area contributed by atoms with Crippen LogP contribution in [0.2, 0.25) is 0 Å². The molecule has 0 aliphatic carbocycles. The predicted octanol–water partition coefficient (Wildman–Crippen LogP) is 2.11. The summed E-state index contributed by atoms with van der Waals surface area (Å²) in [4.78, 5) is 1.63. The third-order valence-corrected chi connectivity index (χ3v) is 1.92. The summed E-state index contributed by atoms with van der Waals surface area (Å²) in [6, 6.07) is 0. The first kappa shape index (κ1) is 8.50. The molecule has 0 amide bonds. The van der Waals surface area contributed by atoms with Gasteiger partial charge in [-0.1, -0.05) is 20.4 Å². The second kappa shape index (κ2) is 2.47. The summed E-state index contributed by atoms with van der Waals surface area (Å²) in [6.45, 7) is 7.35. The zero-order valence-corrected chi connectivity index (χ0v) is 6.90. The summed E-state index contributed by atoms with van der Waals surface area (Å²) < 4.78 is 24.7. The van der Waals surface area contributed by atoms with Gasteiger partial charge >= 0.3 is 0 Å². The van der Waals surface area contributed by atoms with Crippen molar-refractivity contribution in [1.82, 2.24) is 4.90 Å². The van der Waals surface area contributed by atoms with Crippen LogP contribution in [0.5, 0.6) is 0 Å². The molecular weight excluding hydrogens is 148 g/mol. The summed E-state index contributed by atoms with van der Waals surface area (Å²) in [5.41, 5.74) is 0.816. The third kappa shape index (κ3) is 1.70. The van der Waals surface area contributed by atoms with Crippen molar-refractivity contribution in [2.75, 3.05) is 13.1 Å². The molecule has 1 fully saturated rings. The second-order valence-electron chi connectivity index (χ2n) is 3.36. The van der Waals surface area contributed by atoms with Crippen LogP contribution in [-0.2, 0) is 0 Å². The Labute approximate surface area is 65.7 Å². The van der Waals surface area contributed by atoms with Crippen LogP contribution in [0.3, 0.4) is 0 Å². The molecule has 0 aromatic rings. The first-order chi connectivity index (χ1) is 4.92. The van der Waals surface area contributed by atoms with E-state index >= 15 is 0 Å². The zero-order chi connectivity index (χ0) is 8.65. The van der Waals surface area contributed by atoms with E-state index in [-0.39, 0.29) is 19.0 Å². The molecule has 0 aromatic heterocycles. The van der Waals surface area contributed by atoms with Crippen LogP contribution < -0.4 is 0 Å². The molecule has 1 rings (SSSR count). The summed E-state index contributed by atoms with van der Waals surface area (Å²) >= 11 is 0. The maximum absolute atomic E-state index is 12.3. The van der Waals surface area contributed by atoms with Crippen LogP contribution >= 0.6 is 0 Å². The van der Waals surface area contributed by atoms with Crippen molar-refractivity contribution in [1.29, 1.82) is 0 Å². The molecule has 11 heavy (non-hydrogen) atoms. The van der Waals surface area contributed by atoms with Crippen molar-refractivity contribution in [3.05, 3.63) is 12.3 Å². The molecule has 0 radical (unpaired) electrons. The molecular formula is C8H13F2N. The molecule has 0 bridgehead atoms. The van der Waals surface area contributed by atoms with Crippen molar-refractivity contribution in [2.45, 2.75) is 19.8 Å². The van der Waals surface area contributed by atoms with Crippen molar-refractivity contribution >= 4 is 0 Å². The highest BCUT2D eigenvalue weighted by molar-refractivity contribution is 5.05. The van der Waals surface area contributed by atoms with Gasteiger partial charge in [0.2, 0.25) is 0 Å². The Hall–Kier alpha value is -0.600. The average Bonchev–Trinajstić information content (AvgIpc) is 1.80. The van der Waals surface area contributed by atoms with Gasteiger partial charge in [0.15, 0.2) is 0 Å². The van der Waals surface area contributed by atoms with Crippen molar-refractivity contribution < 1.29 is 8.78 Å². The topological polar surface area (TPSA) is 3.24 Å². The second-order valence-corrected chi connectivity index (χ2v) is 3.36. The van der Waals surface area contributed by atoms with E-state index in [2.05, 4.69) is 6.58 Å². The van der Waals surface area contributed by atoms with Crippen LogP contribution in [-0.4, -0.2) is 23.9 Å². The fourth-order valence-corrected chi connectivity index (χ4v) is 1.08.